The van der Waals surface area contributed by atoms with Gasteiger partial charge in [-0.15, -0.1) is 0 Å². The number of para-hydroxylation sites is 1. The second-order valence-corrected chi connectivity index (χ2v) is 4.93. The van der Waals surface area contributed by atoms with Crippen molar-refractivity contribution in [2.45, 2.75) is 19.8 Å². The van der Waals surface area contributed by atoms with Crippen LogP contribution >= 0.6 is 0 Å². The van der Waals surface area contributed by atoms with Crippen molar-refractivity contribution in [1.29, 1.82) is 0 Å². The number of hydrogen-bond acceptors (Lipinski definition) is 4. The Hall–Kier alpha value is -2.62. The zero-order chi connectivity index (χ0) is 16.3. The fourth-order valence-corrected chi connectivity index (χ4v) is 2.11. The summed E-state index contributed by atoms with van der Waals surface area (Å²) in [6, 6.07) is 11.5. The van der Waals surface area contributed by atoms with E-state index >= 15 is 0 Å². The van der Waals surface area contributed by atoms with E-state index in [1.54, 1.807) is 18.5 Å². The number of ether oxygens (including phenoxy) is 2. The van der Waals surface area contributed by atoms with Gasteiger partial charge in [0.15, 0.2) is 0 Å². The van der Waals surface area contributed by atoms with Crippen LogP contribution in [0.5, 0.6) is 5.75 Å². The summed E-state index contributed by atoms with van der Waals surface area (Å²) in [6.45, 7) is 2.92. The van der Waals surface area contributed by atoms with Crippen molar-refractivity contribution < 1.29 is 14.3 Å². The van der Waals surface area contributed by atoms with Crippen LogP contribution in [0.3, 0.4) is 0 Å². The molecule has 0 spiro atoms. The smallest absolute Gasteiger partial charge is 0.330 e. The molecule has 2 rings (SSSR count). The molecule has 0 saturated carbocycles. The summed E-state index contributed by atoms with van der Waals surface area (Å²) in [5.41, 5.74) is 2.06. The summed E-state index contributed by atoms with van der Waals surface area (Å²) < 4.78 is 10.7. The third kappa shape index (κ3) is 5.94. The van der Waals surface area contributed by atoms with Gasteiger partial charge in [-0.3, -0.25) is 4.98 Å². The molecule has 0 aliphatic carbocycles. The Morgan fingerprint density at radius 1 is 1.17 bits per heavy atom. The Morgan fingerprint density at radius 2 is 1.96 bits per heavy atom. The lowest BCUT2D eigenvalue weighted by molar-refractivity contribution is -0.137. The number of carbonyl (C=O) groups is 1. The third-order valence-electron chi connectivity index (χ3n) is 3.22. The van der Waals surface area contributed by atoms with Crippen molar-refractivity contribution in [3.05, 3.63) is 66.0 Å². The molecule has 0 fully saturated rings. The van der Waals surface area contributed by atoms with Gasteiger partial charge in [0.05, 0.1) is 13.2 Å². The third-order valence-corrected chi connectivity index (χ3v) is 3.22. The monoisotopic (exact) mass is 311 g/mol. The lowest BCUT2D eigenvalue weighted by atomic mass is 10.1. The highest BCUT2D eigenvalue weighted by Crippen LogP contribution is 2.19. The fraction of sp³-hybridized carbons (Fsp3) is 0.263. The van der Waals surface area contributed by atoms with E-state index in [1.165, 1.54) is 11.6 Å². The molecule has 0 amide bonds. The first-order chi connectivity index (χ1) is 11.3. The van der Waals surface area contributed by atoms with Crippen molar-refractivity contribution >= 4 is 12.0 Å². The Labute approximate surface area is 136 Å². The first-order valence-electron chi connectivity index (χ1n) is 7.75. The molecule has 0 aliphatic heterocycles. The summed E-state index contributed by atoms with van der Waals surface area (Å²) in [7, 11) is 0. The highest BCUT2D eigenvalue weighted by molar-refractivity contribution is 5.87. The standard InChI is InChI=1S/C19H21NO3/c1-2-22-18-8-4-3-7-17(18)9-10-19(21)23-15-5-6-16-11-13-20-14-12-16/h3-4,7-14H,2,5-6,15H2,1H3. The van der Waals surface area contributed by atoms with Crippen LogP contribution in [0, 0.1) is 0 Å². The Balaban J connectivity index is 1.76. The minimum atomic E-state index is -0.342. The molecular formula is C19H21NO3. The Morgan fingerprint density at radius 3 is 2.74 bits per heavy atom. The topological polar surface area (TPSA) is 48.4 Å². The SMILES string of the molecule is CCOc1ccccc1C=CC(=O)OCCCc1ccncc1. The second kappa shape index (κ2) is 9.41. The van der Waals surface area contributed by atoms with Gasteiger partial charge >= 0.3 is 5.97 Å². The van der Waals surface area contributed by atoms with E-state index in [9.17, 15) is 4.79 Å². The molecule has 1 aromatic carbocycles. The largest absolute Gasteiger partial charge is 0.493 e. The van der Waals surface area contributed by atoms with E-state index in [-0.39, 0.29) is 5.97 Å². The number of nitrogens with zero attached hydrogens (tertiary/aromatic N) is 1. The van der Waals surface area contributed by atoms with Crippen LogP contribution in [0.4, 0.5) is 0 Å². The number of aromatic nitrogens is 1. The zero-order valence-corrected chi connectivity index (χ0v) is 13.3. The number of aryl methyl sites for hydroxylation is 1. The molecule has 0 N–H and O–H groups in total. The first kappa shape index (κ1) is 16.7. The van der Waals surface area contributed by atoms with Crippen LogP contribution in [0.2, 0.25) is 0 Å². The van der Waals surface area contributed by atoms with E-state index in [2.05, 4.69) is 4.98 Å². The number of rotatable bonds is 8. The Bertz CT molecular complexity index is 638. The van der Waals surface area contributed by atoms with Gasteiger partial charge in [0.1, 0.15) is 5.75 Å². The van der Waals surface area contributed by atoms with Gasteiger partial charge < -0.3 is 9.47 Å². The number of pyridine rings is 1. The predicted molar refractivity (Wildman–Crippen MR) is 90.2 cm³/mol. The molecule has 0 unspecified atom stereocenters. The van der Waals surface area contributed by atoms with Crippen molar-refractivity contribution in [3.63, 3.8) is 0 Å². The van der Waals surface area contributed by atoms with E-state index in [4.69, 9.17) is 9.47 Å². The second-order valence-electron chi connectivity index (χ2n) is 4.93. The van der Waals surface area contributed by atoms with Crippen molar-refractivity contribution in [2.24, 2.45) is 0 Å². The molecule has 0 saturated heterocycles. The maximum absolute atomic E-state index is 11.7. The van der Waals surface area contributed by atoms with Crippen LogP contribution in [-0.2, 0) is 16.0 Å². The molecule has 0 aliphatic rings. The van der Waals surface area contributed by atoms with Crippen LogP contribution < -0.4 is 4.74 Å². The van der Waals surface area contributed by atoms with Crippen molar-refractivity contribution in [3.8, 4) is 5.75 Å². The van der Waals surface area contributed by atoms with Crippen molar-refractivity contribution in [2.75, 3.05) is 13.2 Å². The molecule has 23 heavy (non-hydrogen) atoms. The van der Waals surface area contributed by atoms with Gasteiger partial charge in [-0.25, -0.2) is 4.79 Å². The van der Waals surface area contributed by atoms with Gasteiger partial charge in [0, 0.05) is 24.0 Å². The molecule has 2 aromatic rings. The molecular weight excluding hydrogens is 290 g/mol. The van der Waals surface area contributed by atoms with E-state index in [1.807, 2.05) is 43.3 Å². The molecule has 0 atom stereocenters. The molecule has 0 radical (unpaired) electrons. The van der Waals surface area contributed by atoms with Gasteiger partial charge in [-0.2, -0.15) is 0 Å². The summed E-state index contributed by atoms with van der Waals surface area (Å²) in [5, 5.41) is 0. The number of hydrogen-bond donors (Lipinski definition) is 0. The summed E-state index contributed by atoms with van der Waals surface area (Å²) >= 11 is 0. The van der Waals surface area contributed by atoms with E-state index < -0.39 is 0 Å². The molecule has 120 valence electrons. The first-order valence-corrected chi connectivity index (χ1v) is 7.75. The lowest BCUT2D eigenvalue weighted by Gasteiger charge is -2.06. The minimum absolute atomic E-state index is 0.342. The summed E-state index contributed by atoms with van der Waals surface area (Å²) in [4.78, 5) is 15.7. The molecule has 4 nitrogen and oxygen atoms in total. The normalized spacial score (nSPS) is 10.7. The summed E-state index contributed by atoms with van der Waals surface area (Å²) in [6.07, 6.45) is 8.34. The summed E-state index contributed by atoms with van der Waals surface area (Å²) in [5.74, 6) is 0.419. The highest BCUT2D eigenvalue weighted by Gasteiger charge is 2.01. The van der Waals surface area contributed by atoms with Gasteiger partial charge in [-0.1, -0.05) is 18.2 Å². The van der Waals surface area contributed by atoms with Gasteiger partial charge in [-0.05, 0) is 49.6 Å². The van der Waals surface area contributed by atoms with Crippen molar-refractivity contribution in [1.82, 2.24) is 4.98 Å². The molecule has 4 heteroatoms. The quantitative estimate of drug-likeness (QED) is 0.424. The fourth-order valence-electron chi connectivity index (χ4n) is 2.11. The maximum Gasteiger partial charge on any atom is 0.330 e. The molecule has 1 heterocycles. The minimum Gasteiger partial charge on any atom is -0.493 e. The molecule has 1 aromatic heterocycles. The van der Waals surface area contributed by atoms with E-state index in [0.29, 0.717) is 13.2 Å². The van der Waals surface area contributed by atoms with Crippen LogP contribution in [-0.4, -0.2) is 24.2 Å². The molecule has 0 bridgehead atoms. The predicted octanol–water partition coefficient (Wildman–Crippen LogP) is 3.67. The lowest BCUT2D eigenvalue weighted by Crippen LogP contribution is -2.03. The number of esters is 1. The average molecular weight is 311 g/mol. The average Bonchev–Trinajstić information content (AvgIpc) is 2.59. The zero-order valence-electron chi connectivity index (χ0n) is 13.3. The maximum atomic E-state index is 11.7. The van der Waals surface area contributed by atoms with Gasteiger partial charge in [0.25, 0.3) is 0 Å². The number of benzene rings is 1. The van der Waals surface area contributed by atoms with Gasteiger partial charge in [0.2, 0.25) is 0 Å². The van der Waals surface area contributed by atoms with E-state index in [0.717, 1.165) is 24.2 Å². The number of carbonyl (C=O) groups excluding carboxylic acids is 1. The van der Waals surface area contributed by atoms with Crippen LogP contribution in [0.25, 0.3) is 6.08 Å². The van der Waals surface area contributed by atoms with Crippen LogP contribution in [0.15, 0.2) is 54.9 Å². The van der Waals surface area contributed by atoms with Crippen LogP contribution in [0.1, 0.15) is 24.5 Å². The highest BCUT2D eigenvalue weighted by atomic mass is 16.5. The Kier molecular flexibility index (Phi) is 6.85.